The minimum Gasteiger partial charge on any atom is -0.478 e. The van der Waals surface area contributed by atoms with Crippen LogP contribution in [0.25, 0.3) is 6.08 Å². The molecular formula is C30H42ClNO6. The lowest BCUT2D eigenvalue weighted by Gasteiger charge is -2.13. The molecule has 0 unspecified atom stereocenters. The molecule has 2 aromatic carbocycles. The van der Waals surface area contributed by atoms with E-state index in [0.29, 0.717) is 11.1 Å². The maximum Gasteiger partial charge on any atom is 0.335 e. The molecule has 0 bridgehead atoms. The van der Waals surface area contributed by atoms with Gasteiger partial charge in [-0.2, -0.15) is 0 Å². The van der Waals surface area contributed by atoms with Gasteiger partial charge in [0.15, 0.2) is 0 Å². The Morgan fingerprint density at radius 1 is 0.842 bits per heavy atom. The molecule has 1 heterocycles. The first-order valence-electron chi connectivity index (χ1n) is 12.4. The third-order valence-electron chi connectivity index (χ3n) is 5.02. The number of benzene rings is 2. The Bertz CT molecular complexity index is 921. The summed E-state index contributed by atoms with van der Waals surface area (Å²) in [5.41, 5.74) is 2.64. The van der Waals surface area contributed by atoms with Gasteiger partial charge < -0.3 is 19.8 Å². The van der Waals surface area contributed by atoms with Crippen LogP contribution in [-0.2, 0) is 9.53 Å². The van der Waals surface area contributed by atoms with Crippen LogP contribution in [-0.4, -0.2) is 65.1 Å². The molecule has 1 aliphatic rings. The van der Waals surface area contributed by atoms with Crippen LogP contribution in [0.3, 0.4) is 0 Å². The van der Waals surface area contributed by atoms with E-state index in [1.165, 1.54) is 32.5 Å². The number of carbonyl (C=O) groups excluding carboxylic acids is 1. The van der Waals surface area contributed by atoms with Gasteiger partial charge in [0.25, 0.3) is 0 Å². The molecule has 0 spiro atoms. The fourth-order valence-corrected chi connectivity index (χ4v) is 2.64. The summed E-state index contributed by atoms with van der Waals surface area (Å²) in [6.07, 6.45) is 5.27. The van der Waals surface area contributed by atoms with Crippen molar-refractivity contribution in [2.45, 2.75) is 40.5 Å². The van der Waals surface area contributed by atoms with Gasteiger partial charge in [-0.25, -0.2) is 9.59 Å². The first kappa shape index (κ1) is 36.9. The molecule has 0 aromatic heterocycles. The van der Waals surface area contributed by atoms with Crippen molar-refractivity contribution in [2.24, 2.45) is 0 Å². The highest BCUT2D eigenvalue weighted by atomic mass is 35.5. The maximum absolute atomic E-state index is 10.4. The highest BCUT2D eigenvalue weighted by molar-refractivity contribution is 6.66. The van der Waals surface area contributed by atoms with Gasteiger partial charge in [0.05, 0.1) is 11.1 Å². The Hall–Kier alpha value is -3.26. The summed E-state index contributed by atoms with van der Waals surface area (Å²) in [5, 5.41) is 16.5. The number of carboxylic acid groups (broad SMARTS) is 2. The minimum absolute atomic E-state index is 0.301. The van der Waals surface area contributed by atoms with Crippen molar-refractivity contribution in [3.63, 3.8) is 0 Å². The molecule has 3 rings (SSSR count). The lowest BCUT2D eigenvalue weighted by atomic mass is 10.1. The molecule has 0 aliphatic carbocycles. The number of rotatable bonds is 7. The number of allylic oxidation sites excluding steroid dienone is 1. The van der Waals surface area contributed by atoms with Crippen molar-refractivity contribution < 1.29 is 29.3 Å². The zero-order chi connectivity index (χ0) is 29.3. The maximum atomic E-state index is 10.4. The van der Waals surface area contributed by atoms with Crippen molar-refractivity contribution >= 4 is 34.9 Å². The first-order valence-corrected chi connectivity index (χ1v) is 12.8. The van der Waals surface area contributed by atoms with Gasteiger partial charge in [-0.3, -0.25) is 4.79 Å². The van der Waals surface area contributed by atoms with Gasteiger partial charge in [0.1, 0.15) is 0 Å². The summed E-state index contributed by atoms with van der Waals surface area (Å²) in [5.74, 6) is -1.78. The zero-order valence-corrected chi connectivity index (χ0v) is 23.7. The number of carbonyl (C=O) groups is 3. The monoisotopic (exact) mass is 547 g/mol. The molecule has 1 aliphatic heterocycles. The van der Waals surface area contributed by atoms with E-state index in [-0.39, 0.29) is 0 Å². The van der Waals surface area contributed by atoms with E-state index in [2.05, 4.69) is 38.8 Å². The summed E-state index contributed by atoms with van der Waals surface area (Å²) in [6.45, 7) is 20.7. The third-order valence-corrected chi connectivity index (χ3v) is 5.18. The molecule has 0 atom stereocenters. The molecular weight excluding hydrogens is 506 g/mol. The van der Waals surface area contributed by atoms with Gasteiger partial charge in [-0.1, -0.05) is 69.8 Å². The number of nitrogens with zero attached hydrogens (tertiary/aromatic N) is 1. The molecule has 2 aromatic rings. The normalized spacial score (nSPS) is 11.0. The second kappa shape index (κ2) is 24.1. The van der Waals surface area contributed by atoms with Gasteiger partial charge in [-0.05, 0) is 86.9 Å². The number of hydrogen-bond acceptors (Lipinski definition) is 5. The Balaban J connectivity index is 0. The highest BCUT2D eigenvalue weighted by Gasteiger charge is 1.99. The van der Waals surface area contributed by atoms with E-state index in [1.807, 2.05) is 6.92 Å². The van der Waals surface area contributed by atoms with Crippen LogP contribution in [0, 0.1) is 6.92 Å². The van der Waals surface area contributed by atoms with Crippen LogP contribution in [0.5, 0.6) is 0 Å². The van der Waals surface area contributed by atoms with Crippen LogP contribution in [0.4, 0.5) is 0 Å². The molecule has 210 valence electrons. The number of hydrogen-bond donors (Lipinski definition) is 2. The van der Waals surface area contributed by atoms with Crippen molar-refractivity contribution in [3.8, 4) is 0 Å². The molecule has 1 fully saturated rings. The van der Waals surface area contributed by atoms with Crippen LogP contribution < -0.4 is 0 Å². The minimum atomic E-state index is -0.902. The number of halogens is 1. The van der Waals surface area contributed by atoms with Crippen molar-refractivity contribution in [3.05, 3.63) is 90.0 Å². The van der Waals surface area contributed by atoms with E-state index in [9.17, 15) is 14.4 Å². The number of aryl methyl sites for hydroxylation is 1. The van der Waals surface area contributed by atoms with Crippen LogP contribution in [0.2, 0.25) is 0 Å². The summed E-state index contributed by atoms with van der Waals surface area (Å²) >= 11 is 4.71. The van der Waals surface area contributed by atoms with E-state index < -0.39 is 17.2 Å². The summed E-state index contributed by atoms with van der Waals surface area (Å²) in [6, 6.07) is 13.3. The summed E-state index contributed by atoms with van der Waals surface area (Å²) in [7, 11) is 0. The SMILES string of the molecule is C1CCOC1.C=CC(=O)Cl.C=Cc1ccc(C(=O)O)cc1.CCN(CC)CC.Cc1ccc(C(=O)O)cc1. The molecule has 7 nitrogen and oxygen atoms in total. The van der Waals surface area contributed by atoms with E-state index in [1.54, 1.807) is 54.6 Å². The van der Waals surface area contributed by atoms with Crippen LogP contribution >= 0.6 is 11.6 Å². The van der Waals surface area contributed by atoms with Gasteiger partial charge in [-0.15, -0.1) is 0 Å². The second-order valence-electron chi connectivity index (χ2n) is 7.75. The Morgan fingerprint density at radius 3 is 1.42 bits per heavy atom. The predicted octanol–water partition coefficient (Wildman–Crippen LogP) is 6.80. The lowest BCUT2D eigenvalue weighted by Crippen LogP contribution is -2.21. The van der Waals surface area contributed by atoms with Crippen molar-refractivity contribution in [2.75, 3.05) is 32.8 Å². The highest BCUT2D eigenvalue weighted by Crippen LogP contribution is 2.05. The first-order chi connectivity index (χ1) is 18.1. The fourth-order valence-electron chi connectivity index (χ4n) is 2.64. The van der Waals surface area contributed by atoms with Crippen LogP contribution in [0.1, 0.15) is 65.5 Å². The molecule has 2 N–H and O–H groups in total. The fraction of sp³-hybridized carbons (Fsp3) is 0.367. The molecule has 1 saturated heterocycles. The van der Waals surface area contributed by atoms with E-state index in [0.717, 1.165) is 30.4 Å². The largest absolute Gasteiger partial charge is 0.478 e. The topological polar surface area (TPSA) is 104 Å². The van der Waals surface area contributed by atoms with E-state index >= 15 is 0 Å². The van der Waals surface area contributed by atoms with Crippen LogP contribution in [0.15, 0.2) is 67.8 Å². The average molecular weight is 548 g/mol. The third kappa shape index (κ3) is 20.9. The Labute approximate surface area is 232 Å². The van der Waals surface area contributed by atoms with Crippen molar-refractivity contribution in [1.82, 2.24) is 4.90 Å². The average Bonchev–Trinajstić information content (AvgIpc) is 3.51. The van der Waals surface area contributed by atoms with Crippen molar-refractivity contribution in [1.29, 1.82) is 0 Å². The summed E-state index contributed by atoms with van der Waals surface area (Å²) < 4.78 is 4.94. The van der Waals surface area contributed by atoms with E-state index in [4.69, 9.17) is 26.6 Å². The predicted molar refractivity (Wildman–Crippen MR) is 156 cm³/mol. The molecule has 0 radical (unpaired) electrons. The standard InChI is InChI=1S/C9H8O2.C8H8O2.C6H15N.C4H8O.C3H3ClO/c1-2-7-3-5-8(6-4-7)9(10)11;1-6-2-4-7(5-3-6)8(9)10;1-4-7(5-2)6-3;1-2-4-5-3-1;1-2-3(4)5/h2-6H,1H2,(H,10,11);2-5H,1H3,(H,9,10);4-6H2,1-3H3;1-4H2;2H,1H2. The molecule has 38 heavy (non-hydrogen) atoms. The molecule has 8 heteroatoms. The zero-order valence-electron chi connectivity index (χ0n) is 23.0. The number of carboxylic acids is 2. The molecule has 0 amide bonds. The number of ether oxygens (including phenoxy) is 1. The second-order valence-corrected chi connectivity index (χ2v) is 8.12. The van der Waals surface area contributed by atoms with Gasteiger partial charge in [0, 0.05) is 13.2 Å². The van der Waals surface area contributed by atoms with Gasteiger partial charge in [0.2, 0.25) is 5.24 Å². The smallest absolute Gasteiger partial charge is 0.335 e. The van der Waals surface area contributed by atoms with Gasteiger partial charge >= 0.3 is 11.9 Å². The Morgan fingerprint density at radius 2 is 1.21 bits per heavy atom. The number of aromatic carboxylic acids is 2. The molecule has 0 saturated carbocycles. The lowest BCUT2D eigenvalue weighted by molar-refractivity contribution is -0.107. The Kier molecular flexibility index (Phi) is 23.4. The summed E-state index contributed by atoms with van der Waals surface area (Å²) in [4.78, 5) is 32.5. The quantitative estimate of drug-likeness (QED) is 0.290.